The summed E-state index contributed by atoms with van der Waals surface area (Å²) in [5.41, 5.74) is 0. The monoisotopic (exact) mass is 350 g/mol. The topological polar surface area (TPSA) is 331 Å². The highest BCUT2D eigenvalue weighted by atomic mass is 32.3. The quantitative estimate of drug-likeness (QED) is 0.104. The van der Waals surface area contributed by atoms with Gasteiger partial charge in [0, 0.05) is 20.8 Å². The van der Waals surface area contributed by atoms with E-state index in [1.807, 2.05) is 0 Å². The summed E-state index contributed by atoms with van der Waals surface area (Å²) in [6.07, 6.45) is 1.50. The van der Waals surface area contributed by atoms with Crippen LogP contribution in [0.1, 0.15) is 0 Å². The van der Waals surface area contributed by atoms with Gasteiger partial charge in [-0.25, -0.2) is 0 Å². The van der Waals surface area contributed by atoms with E-state index in [1.54, 1.807) is 0 Å². The molecule has 0 radical (unpaired) electrons. The molecule has 0 amide bonds. The molecule has 0 aromatic carbocycles. The highest BCUT2D eigenvalue weighted by molar-refractivity contribution is 7.79. The first-order valence-electron chi connectivity index (χ1n) is 2.95. The molecule has 0 aromatic rings. The van der Waals surface area contributed by atoms with Crippen molar-refractivity contribution in [3.05, 3.63) is 16.2 Å². The number of isocyanates is 3. The molecule has 4 N–H and O–H groups in total. The Hall–Kier alpha value is -2.20. The largest absolute Gasteiger partial charge is 0.759 e. The van der Waals surface area contributed by atoms with Crippen molar-refractivity contribution in [2.45, 2.75) is 0 Å². The van der Waals surface area contributed by atoms with Crippen molar-refractivity contribution in [2.24, 2.45) is 11.7 Å². The minimum Gasteiger partial charge on any atom is -0.759 e. The molecule has 0 saturated heterocycles. The zero-order valence-corrected chi connectivity index (χ0v) is 10.9. The van der Waals surface area contributed by atoms with E-state index in [2.05, 4.69) is 11.7 Å². The van der Waals surface area contributed by atoms with Crippen LogP contribution in [0.25, 0.3) is 16.2 Å². The summed E-state index contributed by atoms with van der Waals surface area (Å²) in [5.74, 6) is 8.00. The molecule has 0 unspecified atom stereocenters. The molecule has 0 rings (SSSR count). The maximum Gasteiger partial charge on any atom is 0.0311 e. The Morgan fingerprint density at radius 3 is 0.619 bits per heavy atom. The molecule has 0 atom stereocenters. The van der Waals surface area contributed by atoms with Crippen LogP contribution in [0.5, 0.6) is 0 Å². The van der Waals surface area contributed by atoms with Crippen LogP contribution in [0.3, 0.4) is 0 Å². The lowest BCUT2D eigenvalue weighted by molar-refractivity contribution is 0.350. The van der Waals surface area contributed by atoms with Gasteiger partial charge >= 0.3 is 0 Å². The SMILES string of the molecule is NN.O=S(=O)([O-])[O-].O=S(=O)([O-])[O-].[N-]=C=O.[N-]=C=O.[N-]=C=O. The van der Waals surface area contributed by atoms with Gasteiger partial charge in [-0.3, -0.25) is 42.9 Å². The van der Waals surface area contributed by atoms with E-state index in [-0.39, 0.29) is 0 Å². The summed E-state index contributed by atoms with van der Waals surface area (Å²) in [4.78, 5) is 24.7. The van der Waals surface area contributed by atoms with Crippen molar-refractivity contribution >= 4 is 39.0 Å². The van der Waals surface area contributed by atoms with Crippen molar-refractivity contribution in [3.8, 4) is 0 Å². The molecule has 0 bridgehead atoms. The molecule has 0 heterocycles. The van der Waals surface area contributed by atoms with Crippen LogP contribution in [0, 0.1) is 0 Å². The summed E-state index contributed by atoms with van der Waals surface area (Å²) in [6, 6.07) is 0. The van der Waals surface area contributed by atoms with Gasteiger partial charge in [0.05, 0.1) is 0 Å². The first-order valence-corrected chi connectivity index (χ1v) is 5.62. The van der Waals surface area contributed by atoms with Gasteiger partial charge in [0.2, 0.25) is 0 Å². The van der Waals surface area contributed by atoms with Crippen LogP contribution < -0.4 is 11.7 Å². The number of nitrogens with zero attached hydrogens (tertiary/aromatic N) is 3. The van der Waals surface area contributed by atoms with Crippen molar-refractivity contribution in [1.29, 1.82) is 0 Å². The van der Waals surface area contributed by atoms with Crippen LogP contribution in [-0.2, 0) is 35.2 Å². The molecule has 0 aromatic heterocycles. The minimum absolute atomic E-state index is 0.500. The molecule has 0 aliphatic rings. The summed E-state index contributed by atoms with van der Waals surface area (Å²) in [5, 5.41) is 20.3. The molecule has 0 saturated carbocycles. The van der Waals surface area contributed by atoms with E-state index in [0.29, 0.717) is 18.2 Å². The second-order valence-electron chi connectivity index (χ2n) is 1.09. The van der Waals surface area contributed by atoms with E-state index < -0.39 is 20.8 Å². The molecular weight excluding hydrogens is 346 g/mol. The zero-order valence-electron chi connectivity index (χ0n) is 9.30. The fourth-order valence-corrected chi connectivity index (χ4v) is 0. The Morgan fingerprint density at radius 1 is 0.619 bits per heavy atom. The van der Waals surface area contributed by atoms with Crippen molar-refractivity contribution in [2.75, 3.05) is 0 Å². The van der Waals surface area contributed by atoms with Gasteiger partial charge in [-0.1, -0.05) is 0 Å². The predicted octanol–water partition coefficient (Wildman–Crippen LogP) is -4.18. The van der Waals surface area contributed by atoms with Crippen LogP contribution in [-0.4, -0.2) is 53.3 Å². The summed E-state index contributed by atoms with van der Waals surface area (Å²) >= 11 is 0. The van der Waals surface area contributed by atoms with Crippen LogP contribution in [0.15, 0.2) is 0 Å². The first kappa shape index (κ1) is 36.4. The van der Waals surface area contributed by atoms with E-state index in [0.717, 1.165) is 0 Å². The molecule has 0 aliphatic carbocycles. The third-order valence-electron chi connectivity index (χ3n) is 0. The number of carbonyl (C=O) groups excluding carboxylic acids is 3. The summed E-state index contributed by atoms with van der Waals surface area (Å²) in [6.45, 7) is 0. The molecule has 21 heavy (non-hydrogen) atoms. The zero-order chi connectivity index (χ0) is 19.1. The Balaban J connectivity index is -0.0000000332. The fraction of sp³-hybridized carbons (Fsp3) is 0. The van der Waals surface area contributed by atoms with Gasteiger partial charge < -0.3 is 34.4 Å². The molecule has 18 heteroatoms. The van der Waals surface area contributed by atoms with Crippen LogP contribution in [0.2, 0.25) is 0 Å². The van der Waals surface area contributed by atoms with Gasteiger partial charge in [-0.05, 0) is 18.2 Å². The number of hydrogen-bond acceptors (Lipinski definition) is 13. The van der Waals surface area contributed by atoms with Gasteiger partial charge in [0.1, 0.15) is 0 Å². The van der Waals surface area contributed by atoms with Gasteiger partial charge in [-0.2, -0.15) is 0 Å². The van der Waals surface area contributed by atoms with E-state index in [9.17, 15) is 0 Å². The normalized spacial score (nSPS) is 6.95. The average molecular weight is 350 g/mol. The van der Waals surface area contributed by atoms with Gasteiger partial charge in [0.25, 0.3) is 0 Å². The van der Waals surface area contributed by atoms with Gasteiger partial charge in [0.15, 0.2) is 0 Å². The van der Waals surface area contributed by atoms with Crippen LogP contribution in [0.4, 0.5) is 0 Å². The van der Waals surface area contributed by atoms with E-state index in [4.69, 9.17) is 65.7 Å². The lowest BCUT2D eigenvalue weighted by atomic mass is 11.7. The van der Waals surface area contributed by atoms with Crippen molar-refractivity contribution < 1.29 is 49.4 Å². The predicted molar refractivity (Wildman–Crippen MR) is 56.5 cm³/mol. The number of nitrogens with two attached hydrogens (primary N) is 2. The molecule has 126 valence electrons. The molecular formula is C3H4N5O11S2-7. The Bertz CT molecular complexity index is 415. The molecule has 0 fully saturated rings. The first-order chi connectivity index (χ1) is 9.24. The minimum atomic E-state index is -5.17. The highest BCUT2D eigenvalue weighted by Gasteiger charge is 1.50. The van der Waals surface area contributed by atoms with Gasteiger partial charge in [-0.15, -0.1) is 0 Å². The summed E-state index contributed by atoms with van der Waals surface area (Å²) in [7, 11) is -10.3. The Morgan fingerprint density at radius 2 is 0.619 bits per heavy atom. The number of rotatable bonds is 0. The Labute approximate surface area is 117 Å². The highest BCUT2D eigenvalue weighted by Crippen LogP contribution is 1.58. The fourth-order valence-electron chi connectivity index (χ4n) is 0. The standard InChI is InChI=1S/3CNO.H4N2.2H2O4S/c3*2-1-3;1-2;2*1-5(2,3)4/h;;;1-2H2;2*(H2,1,2,3,4)/q3*-1;;;/p-4. The van der Waals surface area contributed by atoms with E-state index >= 15 is 0 Å². The number of hydrazine groups is 1. The average Bonchev–Trinajstić information content (AvgIpc) is 2.18. The lowest BCUT2D eigenvalue weighted by Crippen LogP contribution is -2.02. The lowest BCUT2D eigenvalue weighted by Gasteiger charge is -2.06. The molecule has 16 nitrogen and oxygen atoms in total. The maximum atomic E-state index is 8.52. The third kappa shape index (κ3) is 918. The Kier molecular flexibility index (Phi) is 53.1. The number of hydrogen-bond donors (Lipinski definition) is 2. The summed E-state index contributed by atoms with van der Waals surface area (Å²) < 4.78 is 68.2. The van der Waals surface area contributed by atoms with Crippen molar-refractivity contribution in [1.82, 2.24) is 0 Å². The molecule has 0 spiro atoms. The second-order valence-corrected chi connectivity index (χ2v) is 2.72. The third-order valence-corrected chi connectivity index (χ3v) is 0. The van der Waals surface area contributed by atoms with Crippen LogP contribution >= 0.6 is 0 Å². The second kappa shape index (κ2) is 30.7. The maximum absolute atomic E-state index is 8.52. The molecule has 0 aliphatic heterocycles. The smallest absolute Gasteiger partial charge is 0.0311 e. The van der Waals surface area contributed by atoms with E-state index in [1.165, 1.54) is 0 Å². The van der Waals surface area contributed by atoms with Crippen molar-refractivity contribution in [3.63, 3.8) is 0 Å².